The van der Waals surface area contributed by atoms with Gasteiger partial charge in [-0.25, -0.2) is 0 Å². The number of ether oxygens (including phenoxy) is 3. The fourth-order valence-electron chi connectivity index (χ4n) is 3.38. The van der Waals surface area contributed by atoms with Crippen LogP contribution in [0.3, 0.4) is 0 Å². The van der Waals surface area contributed by atoms with Crippen molar-refractivity contribution in [2.75, 3.05) is 39.3 Å². The van der Waals surface area contributed by atoms with Crippen LogP contribution in [0.5, 0.6) is 11.5 Å². The zero-order valence-corrected chi connectivity index (χ0v) is 18.2. The highest BCUT2D eigenvalue weighted by molar-refractivity contribution is 7.17. The fraction of sp³-hybridized carbons (Fsp3) is 0.455. The molecule has 3 rings (SSSR count). The Morgan fingerprint density at radius 3 is 2.53 bits per heavy atom. The summed E-state index contributed by atoms with van der Waals surface area (Å²) in [7, 11) is 3.23. The van der Waals surface area contributed by atoms with Gasteiger partial charge in [-0.2, -0.15) is 0 Å². The summed E-state index contributed by atoms with van der Waals surface area (Å²) in [4.78, 5) is 26.5. The topological polar surface area (TPSA) is 85.9 Å². The van der Waals surface area contributed by atoms with Crippen LogP contribution in [0.15, 0.2) is 24.3 Å². The maximum atomic E-state index is 12.8. The molecule has 1 aliphatic carbocycles. The smallest absolute Gasteiger partial charge is 0.262 e. The van der Waals surface area contributed by atoms with Gasteiger partial charge in [0.1, 0.15) is 16.5 Å². The number of nitrogens with one attached hydrogen (secondary N) is 2. The first-order valence-corrected chi connectivity index (χ1v) is 10.9. The van der Waals surface area contributed by atoms with Crippen LogP contribution >= 0.6 is 11.3 Å². The molecule has 1 heterocycles. The van der Waals surface area contributed by atoms with Crippen molar-refractivity contribution in [3.05, 3.63) is 40.3 Å². The number of benzene rings is 1. The first kappa shape index (κ1) is 22.1. The molecule has 0 radical (unpaired) electrons. The lowest BCUT2D eigenvalue weighted by molar-refractivity contribution is -0.118. The Balaban J connectivity index is 1.65. The summed E-state index contributed by atoms with van der Waals surface area (Å²) in [5.41, 5.74) is 1.67. The van der Waals surface area contributed by atoms with E-state index in [0.29, 0.717) is 29.5 Å². The molecule has 2 N–H and O–H groups in total. The number of methoxy groups -OCH3 is 2. The molecule has 162 valence electrons. The number of rotatable bonds is 10. The molecule has 7 nitrogen and oxygen atoms in total. The van der Waals surface area contributed by atoms with E-state index < -0.39 is 0 Å². The molecular formula is C22H28N2O5S. The van der Waals surface area contributed by atoms with Crippen molar-refractivity contribution in [2.24, 2.45) is 0 Å². The van der Waals surface area contributed by atoms with Crippen LogP contribution in [-0.4, -0.2) is 45.8 Å². The van der Waals surface area contributed by atoms with Gasteiger partial charge in [0.05, 0.1) is 12.7 Å². The van der Waals surface area contributed by atoms with Gasteiger partial charge in [0.25, 0.3) is 11.8 Å². The van der Waals surface area contributed by atoms with E-state index in [1.807, 2.05) is 0 Å². The molecule has 30 heavy (non-hydrogen) atoms. The number of anilines is 1. The molecule has 0 unspecified atom stereocenters. The second-order valence-electron chi connectivity index (χ2n) is 7.03. The van der Waals surface area contributed by atoms with Crippen LogP contribution in [0, 0.1) is 0 Å². The second-order valence-corrected chi connectivity index (χ2v) is 8.13. The maximum Gasteiger partial charge on any atom is 0.262 e. The predicted molar refractivity (Wildman–Crippen MR) is 117 cm³/mol. The minimum absolute atomic E-state index is 0.135. The van der Waals surface area contributed by atoms with Crippen LogP contribution in [0.2, 0.25) is 0 Å². The molecule has 2 aromatic rings. The molecule has 0 spiro atoms. The summed E-state index contributed by atoms with van der Waals surface area (Å²) in [5.74, 6) is 0.861. The SMILES string of the molecule is COCCCNC(=O)c1c(NC(=O)COc2ccc(OC)cc2)sc2c1CCCC2. The van der Waals surface area contributed by atoms with Gasteiger partial charge in [0.2, 0.25) is 0 Å². The molecule has 0 bridgehead atoms. The van der Waals surface area contributed by atoms with Gasteiger partial charge in [0, 0.05) is 25.1 Å². The van der Waals surface area contributed by atoms with E-state index in [0.717, 1.165) is 43.4 Å². The van der Waals surface area contributed by atoms with E-state index in [9.17, 15) is 9.59 Å². The molecule has 2 amide bonds. The zero-order chi connectivity index (χ0) is 21.3. The number of fused-ring (bicyclic) bond motifs is 1. The van der Waals surface area contributed by atoms with Crippen molar-refractivity contribution in [1.82, 2.24) is 5.32 Å². The van der Waals surface area contributed by atoms with Gasteiger partial charge >= 0.3 is 0 Å². The van der Waals surface area contributed by atoms with Crippen molar-refractivity contribution in [2.45, 2.75) is 32.1 Å². The number of carbonyl (C=O) groups is 2. The Bertz CT molecular complexity index is 863. The number of carbonyl (C=O) groups excluding carboxylic acids is 2. The molecule has 1 aliphatic rings. The maximum absolute atomic E-state index is 12.8. The van der Waals surface area contributed by atoms with Crippen molar-refractivity contribution < 1.29 is 23.8 Å². The minimum Gasteiger partial charge on any atom is -0.497 e. The van der Waals surface area contributed by atoms with Gasteiger partial charge in [0.15, 0.2) is 6.61 Å². The molecule has 1 aromatic heterocycles. The average Bonchev–Trinajstić information content (AvgIpc) is 3.13. The largest absolute Gasteiger partial charge is 0.497 e. The number of hydrogen-bond acceptors (Lipinski definition) is 6. The Morgan fingerprint density at radius 2 is 1.80 bits per heavy atom. The summed E-state index contributed by atoms with van der Waals surface area (Å²) in [6.07, 6.45) is 4.72. The Morgan fingerprint density at radius 1 is 1.07 bits per heavy atom. The molecule has 8 heteroatoms. The Labute approximate surface area is 180 Å². The summed E-state index contributed by atoms with van der Waals surface area (Å²) in [6.45, 7) is 0.989. The average molecular weight is 433 g/mol. The van der Waals surface area contributed by atoms with Crippen molar-refractivity contribution in [3.8, 4) is 11.5 Å². The van der Waals surface area contributed by atoms with Crippen molar-refractivity contribution >= 4 is 28.2 Å². The third-order valence-corrected chi connectivity index (χ3v) is 6.10. The molecule has 0 saturated heterocycles. The fourth-order valence-corrected chi connectivity index (χ4v) is 4.69. The third-order valence-electron chi connectivity index (χ3n) is 4.89. The van der Waals surface area contributed by atoms with E-state index in [1.54, 1.807) is 38.5 Å². The number of amides is 2. The van der Waals surface area contributed by atoms with Crippen LogP contribution in [0.1, 0.15) is 40.1 Å². The van der Waals surface area contributed by atoms with Gasteiger partial charge < -0.3 is 24.8 Å². The summed E-state index contributed by atoms with van der Waals surface area (Å²) >= 11 is 1.50. The van der Waals surface area contributed by atoms with Gasteiger partial charge in [-0.3, -0.25) is 9.59 Å². The molecule has 0 fully saturated rings. The quantitative estimate of drug-likeness (QED) is 0.562. The lowest BCUT2D eigenvalue weighted by Gasteiger charge is -2.13. The molecule has 1 aromatic carbocycles. The van der Waals surface area contributed by atoms with E-state index in [-0.39, 0.29) is 18.4 Å². The summed E-state index contributed by atoms with van der Waals surface area (Å²) in [6, 6.07) is 7.03. The minimum atomic E-state index is -0.294. The van der Waals surface area contributed by atoms with Gasteiger partial charge in [-0.05, 0) is 61.9 Å². The van der Waals surface area contributed by atoms with Crippen LogP contribution in [0.25, 0.3) is 0 Å². The monoisotopic (exact) mass is 432 g/mol. The number of hydrogen-bond donors (Lipinski definition) is 2. The zero-order valence-electron chi connectivity index (χ0n) is 17.4. The second kappa shape index (κ2) is 11.0. The van der Waals surface area contributed by atoms with Crippen LogP contribution in [-0.2, 0) is 22.4 Å². The number of aryl methyl sites for hydroxylation is 1. The van der Waals surface area contributed by atoms with Crippen molar-refractivity contribution in [3.63, 3.8) is 0 Å². The van der Waals surface area contributed by atoms with E-state index in [4.69, 9.17) is 14.2 Å². The normalized spacial score (nSPS) is 12.7. The lowest BCUT2D eigenvalue weighted by Crippen LogP contribution is -2.28. The molecule has 0 saturated carbocycles. The van der Waals surface area contributed by atoms with E-state index >= 15 is 0 Å². The number of thiophene rings is 1. The Kier molecular flexibility index (Phi) is 8.10. The third kappa shape index (κ3) is 5.73. The van der Waals surface area contributed by atoms with E-state index in [2.05, 4.69) is 10.6 Å². The van der Waals surface area contributed by atoms with E-state index in [1.165, 1.54) is 16.2 Å². The first-order valence-electron chi connectivity index (χ1n) is 10.1. The molecule has 0 aliphatic heterocycles. The van der Waals surface area contributed by atoms with Gasteiger partial charge in [-0.15, -0.1) is 11.3 Å². The standard InChI is InChI=1S/C22H28N2O5S/c1-27-13-5-12-23-21(26)20-17-6-3-4-7-18(17)30-22(20)24-19(25)14-29-16-10-8-15(28-2)9-11-16/h8-11H,3-7,12-14H2,1-2H3,(H,23,26)(H,24,25). The van der Waals surface area contributed by atoms with Gasteiger partial charge in [-0.1, -0.05) is 0 Å². The molecule has 0 atom stereocenters. The highest BCUT2D eigenvalue weighted by Gasteiger charge is 2.26. The Hall–Kier alpha value is -2.58. The predicted octanol–water partition coefficient (Wildman–Crippen LogP) is 3.42. The highest BCUT2D eigenvalue weighted by atomic mass is 32.1. The molecular weight excluding hydrogens is 404 g/mol. The lowest BCUT2D eigenvalue weighted by atomic mass is 9.95. The van der Waals surface area contributed by atoms with Crippen molar-refractivity contribution in [1.29, 1.82) is 0 Å². The first-order chi connectivity index (χ1) is 14.6. The summed E-state index contributed by atoms with van der Waals surface area (Å²) < 4.78 is 15.7. The summed E-state index contributed by atoms with van der Waals surface area (Å²) in [5, 5.41) is 6.44. The highest BCUT2D eigenvalue weighted by Crippen LogP contribution is 2.38. The van der Waals surface area contributed by atoms with Crippen LogP contribution in [0.4, 0.5) is 5.00 Å². The van der Waals surface area contributed by atoms with Crippen LogP contribution < -0.4 is 20.1 Å².